The Morgan fingerprint density at radius 3 is 1.97 bits per heavy atom. The summed E-state index contributed by atoms with van der Waals surface area (Å²) in [5.74, 6) is -0.391. The quantitative estimate of drug-likeness (QED) is 0.499. The number of rotatable bonds is 9. The van der Waals surface area contributed by atoms with Crippen LogP contribution >= 0.6 is 0 Å². The molecule has 3 radical (unpaired) electrons. The first-order valence-electron chi connectivity index (χ1n) is 9.75. The molecule has 2 aromatic rings. The van der Waals surface area contributed by atoms with Crippen molar-refractivity contribution in [2.24, 2.45) is 5.73 Å². The highest BCUT2D eigenvalue weighted by molar-refractivity contribution is 6.58. The van der Waals surface area contributed by atoms with Crippen molar-refractivity contribution < 1.29 is 19.1 Å². The zero-order valence-electron chi connectivity index (χ0n) is 17.8. The van der Waals surface area contributed by atoms with Gasteiger partial charge in [-0.3, -0.25) is 4.79 Å². The molecule has 0 heterocycles. The smallest absolute Gasteiger partial charge is 0.326 e. The number of hydrogen-bond acceptors (Lipinski definition) is 5. The van der Waals surface area contributed by atoms with Crippen molar-refractivity contribution in [3.05, 3.63) is 71.9 Å². The first kappa shape index (κ1) is 22.4. The zero-order chi connectivity index (χ0) is 22.2. The number of carbonyl (C=O) groups is 1. The molecule has 30 heavy (non-hydrogen) atoms. The second kappa shape index (κ2) is 8.10. The average molecular weight is 400 g/mol. The maximum atomic E-state index is 12.2. The van der Waals surface area contributed by atoms with Gasteiger partial charge < -0.3 is 20.1 Å². The normalized spacial score (nSPS) is 14.4. The van der Waals surface area contributed by atoms with Gasteiger partial charge in [0.25, 0.3) is 7.48 Å². The molecule has 0 aromatic heterocycles. The van der Waals surface area contributed by atoms with Crippen molar-refractivity contribution in [1.29, 1.82) is 0 Å². The van der Waals surface area contributed by atoms with E-state index < -0.39 is 22.1 Å². The van der Waals surface area contributed by atoms with Crippen LogP contribution in [0.5, 0.6) is 0 Å². The first-order valence-corrected chi connectivity index (χ1v) is 9.75. The molecule has 8 heteroatoms. The molecule has 1 aliphatic carbocycles. The Labute approximate surface area is 180 Å². The lowest BCUT2D eigenvalue weighted by Gasteiger charge is -2.34. The molecule has 5 nitrogen and oxygen atoms in total. The van der Waals surface area contributed by atoms with Crippen molar-refractivity contribution in [1.82, 2.24) is 0 Å². The molecule has 0 fully saturated rings. The Morgan fingerprint density at radius 1 is 1.00 bits per heavy atom. The van der Waals surface area contributed by atoms with Crippen LogP contribution in [0.2, 0.25) is 0 Å². The lowest BCUT2D eigenvalue weighted by atomic mass is 9.42. The summed E-state index contributed by atoms with van der Waals surface area (Å²) in [5, 5.41) is 9.43. The van der Waals surface area contributed by atoms with Gasteiger partial charge in [0.15, 0.2) is 0 Å². The minimum Gasteiger partial charge on any atom is -0.454 e. The summed E-state index contributed by atoms with van der Waals surface area (Å²) in [4.78, 5) is 12.2. The van der Waals surface area contributed by atoms with E-state index in [0.717, 1.165) is 29.7 Å². The number of carbonyl (C=O) groups excluding carboxylic acids is 1. The number of Topliss-reactive ketones (excluding diaryl/α,β-unsaturated/α-hetero) is 1. The molecule has 0 saturated carbocycles. The Morgan fingerprint density at radius 2 is 1.50 bits per heavy atom. The van der Waals surface area contributed by atoms with Gasteiger partial charge in [-0.05, 0) is 49.9 Å². The van der Waals surface area contributed by atoms with Gasteiger partial charge in [-0.1, -0.05) is 55.1 Å². The standard InChI is InChI=1S/C22H25B3NO4/c1-14(26)19(27)20(2,3)29-24-21(4,5)30-25-22(23-28)17-12-8-6-10-15(17)16-11-7-9-13-18(16)22/h6-13,28H,1,26H2,2-5H3. The van der Waals surface area contributed by atoms with Crippen LogP contribution in [-0.2, 0) is 19.3 Å². The average Bonchev–Trinajstić information content (AvgIpc) is 3.01. The second-order valence-electron chi connectivity index (χ2n) is 8.53. The van der Waals surface area contributed by atoms with E-state index in [1.54, 1.807) is 35.2 Å². The van der Waals surface area contributed by atoms with Gasteiger partial charge in [-0.2, -0.15) is 0 Å². The van der Waals surface area contributed by atoms with Crippen LogP contribution in [0.25, 0.3) is 11.1 Å². The SMILES string of the molecule is C=C(N)C(=O)C(C)(C)O[B]C(C)(C)O[B]C1([B]O)c2ccccc2-c2ccccc21. The van der Waals surface area contributed by atoms with E-state index >= 15 is 0 Å². The van der Waals surface area contributed by atoms with Crippen LogP contribution < -0.4 is 5.73 Å². The Hall–Kier alpha value is -2.28. The van der Waals surface area contributed by atoms with Crippen LogP contribution in [0.4, 0.5) is 0 Å². The largest absolute Gasteiger partial charge is 0.454 e. The highest BCUT2D eigenvalue weighted by Gasteiger charge is 2.46. The molecule has 0 saturated heterocycles. The summed E-state index contributed by atoms with van der Waals surface area (Å²) in [6.07, 6.45) is 0. The summed E-state index contributed by atoms with van der Waals surface area (Å²) in [7, 11) is 4.23. The molecule has 2 aromatic carbocycles. The summed E-state index contributed by atoms with van der Waals surface area (Å²) in [6.45, 7) is 10.3. The van der Waals surface area contributed by atoms with Gasteiger partial charge in [-0.25, -0.2) is 0 Å². The molecule has 0 bridgehead atoms. The fourth-order valence-electron chi connectivity index (χ4n) is 3.60. The fourth-order valence-corrected chi connectivity index (χ4v) is 3.60. The predicted molar refractivity (Wildman–Crippen MR) is 121 cm³/mol. The summed E-state index contributed by atoms with van der Waals surface area (Å²) in [6, 6.07) is 15.8. The molecule has 0 amide bonds. The maximum Gasteiger partial charge on any atom is 0.326 e. The second-order valence-corrected chi connectivity index (χ2v) is 8.53. The van der Waals surface area contributed by atoms with Crippen LogP contribution in [0, 0.1) is 0 Å². The van der Waals surface area contributed by atoms with Crippen molar-refractivity contribution in [3.63, 3.8) is 0 Å². The zero-order valence-corrected chi connectivity index (χ0v) is 17.8. The third kappa shape index (κ3) is 4.00. The van der Waals surface area contributed by atoms with E-state index in [1.807, 2.05) is 48.5 Å². The predicted octanol–water partition coefficient (Wildman–Crippen LogP) is 2.31. The topological polar surface area (TPSA) is 81.8 Å². The molecule has 0 atom stereocenters. The molecule has 0 spiro atoms. The van der Waals surface area contributed by atoms with Crippen molar-refractivity contribution >= 4 is 28.2 Å². The minimum atomic E-state index is -1.17. The molecular weight excluding hydrogens is 375 g/mol. The van der Waals surface area contributed by atoms with Gasteiger partial charge in [0.2, 0.25) is 5.78 Å². The van der Waals surface area contributed by atoms with Gasteiger partial charge in [-0.15, -0.1) is 0 Å². The lowest BCUT2D eigenvalue weighted by molar-refractivity contribution is -0.128. The van der Waals surface area contributed by atoms with Crippen molar-refractivity contribution in [3.8, 4) is 11.1 Å². The van der Waals surface area contributed by atoms with Gasteiger partial charge >= 0.3 is 15.0 Å². The number of benzene rings is 2. The van der Waals surface area contributed by atoms with Gasteiger partial charge in [0.05, 0.1) is 5.70 Å². The van der Waals surface area contributed by atoms with Crippen molar-refractivity contribution in [2.45, 2.75) is 44.0 Å². The monoisotopic (exact) mass is 400 g/mol. The Balaban J connectivity index is 1.81. The van der Waals surface area contributed by atoms with E-state index in [4.69, 9.17) is 15.0 Å². The van der Waals surface area contributed by atoms with E-state index in [1.165, 1.54) is 7.48 Å². The summed E-state index contributed by atoms with van der Waals surface area (Å²) in [5.41, 5.74) is 7.35. The van der Waals surface area contributed by atoms with E-state index in [2.05, 4.69) is 6.58 Å². The summed E-state index contributed by atoms with van der Waals surface area (Å²) >= 11 is 0. The van der Waals surface area contributed by atoms with Crippen molar-refractivity contribution in [2.75, 3.05) is 0 Å². The number of fused-ring (bicyclic) bond motifs is 3. The Bertz CT molecular complexity index is 929. The van der Waals surface area contributed by atoms with Crippen LogP contribution in [0.1, 0.15) is 38.8 Å². The maximum absolute atomic E-state index is 12.2. The first-order chi connectivity index (χ1) is 14.0. The minimum absolute atomic E-state index is 0.0632. The fraction of sp³-hybridized carbons (Fsp3) is 0.318. The number of hydrogen-bond donors (Lipinski definition) is 2. The highest BCUT2D eigenvalue weighted by Crippen LogP contribution is 2.47. The Kier molecular flexibility index (Phi) is 6.05. The third-order valence-corrected chi connectivity index (χ3v) is 5.26. The number of nitrogens with two attached hydrogens (primary N) is 1. The van der Waals surface area contributed by atoms with E-state index in [-0.39, 0.29) is 5.70 Å². The summed E-state index contributed by atoms with van der Waals surface area (Å²) < 4.78 is 11.8. The highest BCUT2D eigenvalue weighted by atomic mass is 16.5. The third-order valence-electron chi connectivity index (χ3n) is 5.26. The molecule has 0 aliphatic heterocycles. The van der Waals surface area contributed by atoms with Gasteiger partial charge in [0.1, 0.15) is 5.60 Å². The van der Waals surface area contributed by atoms with Crippen LogP contribution in [0.15, 0.2) is 60.8 Å². The number of ketones is 1. The molecule has 3 rings (SSSR count). The molecule has 0 unspecified atom stereocenters. The lowest BCUT2D eigenvalue weighted by Crippen LogP contribution is -2.49. The van der Waals surface area contributed by atoms with E-state index in [0.29, 0.717) is 0 Å². The van der Waals surface area contributed by atoms with E-state index in [9.17, 15) is 9.82 Å². The molecule has 1 aliphatic rings. The van der Waals surface area contributed by atoms with Crippen LogP contribution in [-0.4, -0.2) is 44.4 Å². The molecule has 3 N–H and O–H groups in total. The van der Waals surface area contributed by atoms with Gasteiger partial charge in [0, 0.05) is 10.7 Å². The molecular formula is C22H25B3NO4. The molecule has 151 valence electrons. The van der Waals surface area contributed by atoms with Crippen LogP contribution in [0.3, 0.4) is 0 Å².